The predicted octanol–water partition coefficient (Wildman–Crippen LogP) is 4.50. The molecule has 0 aromatic heterocycles. The molecule has 0 saturated heterocycles. The van der Waals surface area contributed by atoms with Crippen molar-refractivity contribution in [1.29, 1.82) is 0 Å². The van der Waals surface area contributed by atoms with E-state index in [2.05, 4.69) is 37.2 Å². The van der Waals surface area contributed by atoms with Crippen LogP contribution in [-0.4, -0.2) is 11.7 Å². The smallest absolute Gasteiger partial charge is 0.123 e. The van der Waals surface area contributed by atoms with Gasteiger partial charge in [0, 0.05) is 14.6 Å². The molecule has 2 nitrogen and oxygen atoms in total. The number of halogens is 3. The molecule has 0 amide bonds. The van der Waals surface area contributed by atoms with E-state index in [0.29, 0.717) is 5.56 Å². The second kappa shape index (κ2) is 6.50. The summed E-state index contributed by atoms with van der Waals surface area (Å²) in [5.74, 6) is -0.325. The van der Waals surface area contributed by atoms with Crippen LogP contribution in [0.2, 0.25) is 0 Å². The maximum Gasteiger partial charge on any atom is 0.123 e. The van der Waals surface area contributed by atoms with E-state index < -0.39 is 0 Å². The van der Waals surface area contributed by atoms with Gasteiger partial charge in [0.1, 0.15) is 5.82 Å². The Morgan fingerprint density at radius 3 is 2.42 bits per heavy atom. The van der Waals surface area contributed by atoms with Crippen molar-refractivity contribution < 1.29 is 9.50 Å². The SMILES string of the molecule is OCC(Nc1ccc(Br)cc1)c1cc(F)ccc1Br. The summed E-state index contributed by atoms with van der Waals surface area (Å²) in [6, 6.07) is 11.6. The largest absolute Gasteiger partial charge is 0.394 e. The van der Waals surface area contributed by atoms with E-state index in [-0.39, 0.29) is 18.5 Å². The summed E-state index contributed by atoms with van der Waals surface area (Å²) in [5, 5.41) is 12.7. The minimum Gasteiger partial charge on any atom is -0.394 e. The number of aliphatic hydroxyl groups is 1. The van der Waals surface area contributed by atoms with Gasteiger partial charge in [-0.2, -0.15) is 0 Å². The van der Waals surface area contributed by atoms with E-state index in [4.69, 9.17) is 0 Å². The van der Waals surface area contributed by atoms with Crippen molar-refractivity contribution in [3.8, 4) is 0 Å². The Kier molecular flexibility index (Phi) is 4.96. The van der Waals surface area contributed by atoms with Crippen LogP contribution >= 0.6 is 31.9 Å². The molecule has 19 heavy (non-hydrogen) atoms. The highest BCUT2D eigenvalue weighted by Crippen LogP contribution is 2.27. The van der Waals surface area contributed by atoms with Crippen LogP contribution in [0.25, 0.3) is 0 Å². The van der Waals surface area contributed by atoms with E-state index in [1.54, 1.807) is 6.07 Å². The summed E-state index contributed by atoms with van der Waals surface area (Å²) in [7, 11) is 0. The van der Waals surface area contributed by atoms with E-state index in [0.717, 1.165) is 14.6 Å². The summed E-state index contributed by atoms with van der Waals surface area (Å²) in [5.41, 5.74) is 1.55. The lowest BCUT2D eigenvalue weighted by Gasteiger charge is -2.19. The van der Waals surface area contributed by atoms with Crippen molar-refractivity contribution in [2.45, 2.75) is 6.04 Å². The number of hydrogen-bond donors (Lipinski definition) is 2. The topological polar surface area (TPSA) is 32.3 Å². The Morgan fingerprint density at radius 2 is 1.79 bits per heavy atom. The third kappa shape index (κ3) is 3.78. The molecule has 0 bridgehead atoms. The summed E-state index contributed by atoms with van der Waals surface area (Å²) in [6.45, 7) is -0.127. The zero-order valence-corrected chi connectivity index (χ0v) is 13.1. The average Bonchev–Trinajstić information content (AvgIpc) is 2.41. The van der Waals surface area contributed by atoms with E-state index in [1.165, 1.54) is 12.1 Å². The Balaban J connectivity index is 2.24. The normalized spacial score (nSPS) is 12.2. The molecule has 0 saturated carbocycles. The lowest BCUT2D eigenvalue weighted by Crippen LogP contribution is -2.15. The van der Waals surface area contributed by atoms with Crippen LogP contribution in [0.4, 0.5) is 10.1 Å². The van der Waals surface area contributed by atoms with Gasteiger partial charge >= 0.3 is 0 Å². The highest BCUT2D eigenvalue weighted by atomic mass is 79.9. The van der Waals surface area contributed by atoms with Gasteiger partial charge in [0.05, 0.1) is 12.6 Å². The molecule has 0 aliphatic carbocycles. The molecule has 2 aromatic carbocycles. The Morgan fingerprint density at radius 1 is 1.11 bits per heavy atom. The molecule has 0 aliphatic rings. The number of rotatable bonds is 4. The van der Waals surface area contributed by atoms with Gasteiger partial charge in [-0.15, -0.1) is 0 Å². The highest BCUT2D eigenvalue weighted by Gasteiger charge is 2.14. The Bertz CT molecular complexity index is 560. The molecule has 1 atom stereocenters. The molecule has 0 spiro atoms. The van der Waals surface area contributed by atoms with E-state index in [9.17, 15) is 9.50 Å². The molecule has 2 rings (SSSR count). The lowest BCUT2D eigenvalue weighted by molar-refractivity contribution is 0.276. The van der Waals surface area contributed by atoms with Crippen LogP contribution in [0.1, 0.15) is 11.6 Å². The first-order valence-corrected chi connectivity index (χ1v) is 7.26. The monoisotopic (exact) mass is 387 g/mol. The first kappa shape index (κ1) is 14.5. The van der Waals surface area contributed by atoms with E-state index in [1.807, 2.05) is 24.3 Å². The Labute approximate surface area is 127 Å². The van der Waals surface area contributed by atoms with Crippen molar-refractivity contribution >= 4 is 37.5 Å². The van der Waals surface area contributed by atoms with Crippen LogP contribution in [-0.2, 0) is 0 Å². The number of benzene rings is 2. The van der Waals surface area contributed by atoms with Crippen LogP contribution in [0.15, 0.2) is 51.4 Å². The van der Waals surface area contributed by atoms with Crippen molar-refractivity contribution in [3.05, 3.63) is 62.8 Å². The zero-order valence-electron chi connectivity index (χ0n) is 9.91. The van der Waals surface area contributed by atoms with Crippen LogP contribution < -0.4 is 5.32 Å². The van der Waals surface area contributed by atoms with Gasteiger partial charge in [-0.1, -0.05) is 31.9 Å². The second-order valence-corrected chi connectivity index (χ2v) is 5.82. The molecule has 1 unspecified atom stereocenters. The van der Waals surface area contributed by atoms with Gasteiger partial charge in [0.25, 0.3) is 0 Å². The van der Waals surface area contributed by atoms with Crippen LogP contribution in [0, 0.1) is 5.82 Å². The molecule has 5 heteroatoms. The van der Waals surface area contributed by atoms with Gasteiger partial charge < -0.3 is 10.4 Å². The number of aliphatic hydroxyl groups excluding tert-OH is 1. The maximum absolute atomic E-state index is 13.3. The predicted molar refractivity (Wildman–Crippen MR) is 81.7 cm³/mol. The molecule has 2 aromatic rings. The average molecular weight is 389 g/mol. The molecule has 0 heterocycles. The van der Waals surface area contributed by atoms with Crippen LogP contribution in [0.5, 0.6) is 0 Å². The number of anilines is 1. The number of hydrogen-bond acceptors (Lipinski definition) is 2. The first-order valence-electron chi connectivity index (χ1n) is 5.68. The third-order valence-corrected chi connectivity index (χ3v) is 3.95. The molecular formula is C14H12Br2FNO. The summed E-state index contributed by atoms with van der Waals surface area (Å²) in [4.78, 5) is 0. The van der Waals surface area contributed by atoms with Gasteiger partial charge in [0.2, 0.25) is 0 Å². The fourth-order valence-corrected chi connectivity index (χ4v) is 2.54. The van der Waals surface area contributed by atoms with Crippen molar-refractivity contribution in [2.24, 2.45) is 0 Å². The fraction of sp³-hybridized carbons (Fsp3) is 0.143. The Hall–Kier alpha value is -0.910. The van der Waals surface area contributed by atoms with Gasteiger partial charge in [0.15, 0.2) is 0 Å². The minimum atomic E-state index is -0.369. The molecular weight excluding hydrogens is 377 g/mol. The first-order chi connectivity index (χ1) is 9.10. The molecule has 0 radical (unpaired) electrons. The van der Waals surface area contributed by atoms with E-state index >= 15 is 0 Å². The van der Waals surface area contributed by atoms with Crippen molar-refractivity contribution in [2.75, 3.05) is 11.9 Å². The summed E-state index contributed by atoms with van der Waals surface area (Å²) < 4.78 is 15.0. The summed E-state index contributed by atoms with van der Waals surface area (Å²) in [6.07, 6.45) is 0. The van der Waals surface area contributed by atoms with Gasteiger partial charge in [-0.05, 0) is 48.0 Å². The van der Waals surface area contributed by atoms with Gasteiger partial charge in [-0.3, -0.25) is 0 Å². The molecule has 100 valence electrons. The molecule has 0 fully saturated rings. The standard InChI is InChI=1S/C14H12Br2FNO/c15-9-1-4-11(5-2-9)18-14(8-19)12-7-10(17)3-6-13(12)16/h1-7,14,18-19H,8H2. The molecule has 2 N–H and O–H groups in total. The van der Waals surface area contributed by atoms with Gasteiger partial charge in [-0.25, -0.2) is 4.39 Å². The second-order valence-electron chi connectivity index (χ2n) is 4.05. The highest BCUT2D eigenvalue weighted by molar-refractivity contribution is 9.10. The molecule has 0 aliphatic heterocycles. The van der Waals surface area contributed by atoms with Crippen LogP contribution in [0.3, 0.4) is 0 Å². The quantitative estimate of drug-likeness (QED) is 0.808. The minimum absolute atomic E-state index is 0.127. The number of nitrogens with one attached hydrogen (secondary N) is 1. The fourth-order valence-electron chi connectivity index (χ4n) is 1.75. The summed E-state index contributed by atoms with van der Waals surface area (Å²) >= 11 is 6.73. The zero-order chi connectivity index (χ0) is 13.8. The van der Waals surface area contributed by atoms with Crippen molar-refractivity contribution in [1.82, 2.24) is 0 Å². The third-order valence-electron chi connectivity index (χ3n) is 2.70. The maximum atomic E-state index is 13.3. The lowest BCUT2D eigenvalue weighted by atomic mass is 10.1. The van der Waals surface area contributed by atoms with Crippen molar-refractivity contribution in [3.63, 3.8) is 0 Å².